The van der Waals surface area contributed by atoms with E-state index in [2.05, 4.69) is 43.3 Å². The van der Waals surface area contributed by atoms with Crippen LogP contribution in [0.4, 0.5) is 0 Å². The monoisotopic (exact) mass is 279 g/mol. The predicted molar refractivity (Wildman–Crippen MR) is 84.8 cm³/mol. The Labute approximate surface area is 126 Å². The minimum Gasteiger partial charge on any atom is -0.338 e. The van der Waals surface area contributed by atoms with Crippen LogP contribution in [-0.4, -0.2) is 17.4 Å². The third-order valence-corrected chi connectivity index (χ3v) is 4.25. The highest BCUT2D eigenvalue weighted by Gasteiger charge is 2.45. The average Bonchev–Trinajstić information content (AvgIpc) is 3.34. The van der Waals surface area contributed by atoms with Crippen LogP contribution in [0.15, 0.2) is 60.7 Å². The fourth-order valence-electron chi connectivity index (χ4n) is 2.92. The van der Waals surface area contributed by atoms with Crippen molar-refractivity contribution < 1.29 is 4.79 Å². The standard InChI is InChI=1S/C19H21NO/c1-2-20(14-15-9-5-3-6-10-15)19(21)18-13-17(18)16-11-7-4-8-12-16/h3-12,17-18H,2,13-14H2,1H3. The Kier molecular flexibility index (Phi) is 4.05. The SMILES string of the molecule is CCN(Cc1ccccc1)C(=O)C1CC1c1ccccc1. The van der Waals surface area contributed by atoms with E-state index in [1.165, 1.54) is 11.1 Å². The summed E-state index contributed by atoms with van der Waals surface area (Å²) < 4.78 is 0. The van der Waals surface area contributed by atoms with Crippen LogP contribution in [-0.2, 0) is 11.3 Å². The van der Waals surface area contributed by atoms with Crippen molar-refractivity contribution in [3.8, 4) is 0 Å². The van der Waals surface area contributed by atoms with Gasteiger partial charge in [-0.05, 0) is 30.4 Å². The Balaban J connectivity index is 1.65. The average molecular weight is 279 g/mol. The van der Waals surface area contributed by atoms with Crippen LogP contribution < -0.4 is 0 Å². The van der Waals surface area contributed by atoms with Gasteiger partial charge in [-0.3, -0.25) is 4.79 Å². The lowest BCUT2D eigenvalue weighted by Gasteiger charge is -2.21. The number of benzene rings is 2. The summed E-state index contributed by atoms with van der Waals surface area (Å²) in [7, 11) is 0. The van der Waals surface area contributed by atoms with Crippen LogP contribution in [0.25, 0.3) is 0 Å². The number of carbonyl (C=O) groups excluding carboxylic acids is 1. The van der Waals surface area contributed by atoms with Crippen molar-refractivity contribution in [2.24, 2.45) is 5.92 Å². The summed E-state index contributed by atoms with van der Waals surface area (Å²) >= 11 is 0. The zero-order valence-corrected chi connectivity index (χ0v) is 12.4. The molecule has 2 nitrogen and oxygen atoms in total. The second-order valence-corrected chi connectivity index (χ2v) is 5.70. The second kappa shape index (κ2) is 6.13. The molecule has 2 heteroatoms. The molecule has 21 heavy (non-hydrogen) atoms. The van der Waals surface area contributed by atoms with Gasteiger partial charge in [-0.2, -0.15) is 0 Å². The number of hydrogen-bond donors (Lipinski definition) is 0. The third-order valence-electron chi connectivity index (χ3n) is 4.25. The van der Waals surface area contributed by atoms with Gasteiger partial charge in [-0.25, -0.2) is 0 Å². The summed E-state index contributed by atoms with van der Waals surface area (Å²) in [5.74, 6) is 0.898. The van der Waals surface area contributed by atoms with Gasteiger partial charge in [0.25, 0.3) is 0 Å². The summed E-state index contributed by atoms with van der Waals surface area (Å²) in [5.41, 5.74) is 2.50. The maximum Gasteiger partial charge on any atom is 0.226 e. The number of hydrogen-bond acceptors (Lipinski definition) is 1. The van der Waals surface area contributed by atoms with Crippen LogP contribution in [0.5, 0.6) is 0 Å². The summed E-state index contributed by atoms with van der Waals surface area (Å²) in [6.45, 7) is 3.54. The largest absolute Gasteiger partial charge is 0.338 e. The Hall–Kier alpha value is -2.09. The molecule has 0 bridgehead atoms. The first kappa shape index (κ1) is 13.9. The minimum absolute atomic E-state index is 0.177. The lowest BCUT2D eigenvalue weighted by atomic mass is 10.1. The molecule has 0 spiro atoms. The number of amides is 1. The Bertz CT molecular complexity index is 593. The first-order chi connectivity index (χ1) is 10.3. The molecule has 3 rings (SSSR count). The van der Waals surface area contributed by atoms with Gasteiger partial charge in [-0.1, -0.05) is 60.7 Å². The van der Waals surface area contributed by atoms with Crippen LogP contribution >= 0.6 is 0 Å². The number of carbonyl (C=O) groups is 1. The van der Waals surface area contributed by atoms with Gasteiger partial charge in [0.15, 0.2) is 0 Å². The normalized spacial score (nSPS) is 20.0. The zero-order chi connectivity index (χ0) is 14.7. The molecule has 0 saturated heterocycles. The Morgan fingerprint density at radius 2 is 1.67 bits per heavy atom. The number of rotatable bonds is 5. The van der Waals surface area contributed by atoms with Crippen molar-refractivity contribution >= 4 is 5.91 Å². The molecule has 1 aliphatic carbocycles. The highest BCUT2D eigenvalue weighted by Crippen LogP contribution is 2.48. The summed E-state index contributed by atoms with van der Waals surface area (Å²) in [6, 6.07) is 20.6. The molecule has 2 atom stereocenters. The molecule has 2 aromatic rings. The van der Waals surface area contributed by atoms with Crippen LogP contribution in [0.1, 0.15) is 30.4 Å². The summed E-state index contributed by atoms with van der Waals surface area (Å²) in [6.07, 6.45) is 0.994. The first-order valence-corrected chi connectivity index (χ1v) is 7.67. The lowest BCUT2D eigenvalue weighted by molar-refractivity contribution is -0.133. The Morgan fingerprint density at radius 1 is 1.05 bits per heavy atom. The van der Waals surface area contributed by atoms with Crippen LogP contribution in [0, 0.1) is 5.92 Å². The van der Waals surface area contributed by atoms with E-state index in [9.17, 15) is 4.79 Å². The van der Waals surface area contributed by atoms with E-state index < -0.39 is 0 Å². The van der Waals surface area contributed by atoms with Crippen molar-refractivity contribution in [1.82, 2.24) is 4.90 Å². The lowest BCUT2D eigenvalue weighted by Crippen LogP contribution is -2.31. The molecule has 0 aromatic heterocycles. The van der Waals surface area contributed by atoms with E-state index in [1.54, 1.807) is 0 Å². The molecule has 0 heterocycles. The topological polar surface area (TPSA) is 20.3 Å². The molecule has 108 valence electrons. The second-order valence-electron chi connectivity index (χ2n) is 5.70. The van der Waals surface area contributed by atoms with Crippen molar-refractivity contribution in [3.05, 3.63) is 71.8 Å². The smallest absolute Gasteiger partial charge is 0.226 e. The molecule has 0 radical (unpaired) electrons. The molecule has 1 amide bonds. The van der Waals surface area contributed by atoms with Crippen molar-refractivity contribution in [2.75, 3.05) is 6.54 Å². The molecule has 2 unspecified atom stereocenters. The quantitative estimate of drug-likeness (QED) is 0.814. The van der Waals surface area contributed by atoms with E-state index in [-0.39, 0.29) is 5.92 Å². The van der Waals surface area contributed by atoms with Gasteiger partial charge >= 0.3 is 0 Å². The maximum atomic E-state index is 12.7. The molecule has 0 aliphatic heterocycles. The fourth-order valence-corrected chi connectivity index (χ4v) is 2.92. The van der Waals surface area contributed by atoms with E-state index in [1.807, 2.05) is 29.2 Å². The first-order valence-electron chi connectivity index (χ1n) is 7.67. The van der Waals surface area contributed by atoms with E-state index in [4.69, 9.17) is 0 Å². The van der Waals surface area contributed by atoms with Gasteiger partial charge < -0.3 is 4.90 Å². The van der Waals surface area contributed by atoms with Gasteiger partial charge in [0.1, 0.15) is 0 Å². The molecule has 1 fully saturated rings. The molecular weight excluding hydrogens is 258 g/mol. The highest BCUT2D eigenvalue weighted by molar-refractivity contribution is 5.83. The summed E-state index contributed by atoms with van der Waals surface area (Å²) in [5, 5.41) is 0. The number of nitrogens with zero attached hydrogens (tertiary/aromatic N) is 1. The molecule has 2 aromatic carbocycles. The summed E-state index contributed by atoms with van der Waals surface area (Å²) in [4.78, 5) is 14.6. The Morgan fingerprint density at radius 3 is 2.29 bits per heavy atom. The van der Waals surface area contributed by atoms with E-state index in [0.717, 1.165) is 13.0 Å². The fraction of sp³-hybridized carbons (Fsp3) is 0.316. The van der Waals surface area contributed by atoms with Crippen LogP contribution in [0.2, 0.25) is 0 Å². The van der Waals surface area contributed by atoms with Gasteiger partial charge in [0, 0.05) is 19.0 Å². The van der Waals surface area contributed by atoms with Crippen molar-refractivity contribution in [2.45, 2.75) is 25.8 Å². The maximum absolute atomic E-state index is 12.7. The molecular formula is C19H21NO. The molecule has 0 N–H and O–H groups in total. The van der Waals surface area contributed by atoms with E-state index >= 15 is 0 Å². The van der Waals surface area contributed by atoms with Gasteiger partial charge in [-0.15, -0.1) is 0 Å². The molecule has 1 saturated carbocycles. The van der Waals surface area contributed by atoms with Crippen molar-refractivity contribution in [3.63, 3.8) is 0 Å². The van der Waals surface area contributed by atoms with Gasteiger partial charge in [0.2, 0.25) is 5.91 Å². The molecule has 1 aliphatic rings. The highest BCUT2D eigenvalue weighted by atomic mass is 16.2. The van der Waals surface area contributed by atoms with Gasteiger partial charge in [0.05, 0.1) is 0 Å². The van der Waals surface area contributed by atoms with Crippen LogP contribution in [0.3, 0.4) is 0 Å². The predicted octanol–water partition coefficient (Wildman–Crippen LogP) is 3.84. The minimum atomic E-state index is 0.177. The van der Waals surface area contributed by atoms with Crippen molar-refractivity contribution in [1.29, 1.82) is 0 Å². The zero-order valence-electron chi connectivity index (χ0n) is 12.4. The third kappa shape index (κ3) is 3.15. The van der Waals surface area contributed by atoms with E-state index in [0.29, 0.717) is 18.4 Å².